The fourth-order valence-corrected chi connectivity index (χ4v) is 4.53. The molecule has 1 aromatic carbocycles. The zero-order valence-corrected chi connectivity index (χ0v) is 13.0. The second kappa shape index (κ2) is 6.14. The van der Waals surface area contributed by atoms with E-state index in [1.807, 2.05) is 6.92 Å². The van der Waals surface area contributed by atoms with Crippen LogP contribution in [0.25, 0.3) is 0 Å². The van der Waals surface area contributed by atoms with E-state index in [0.717, 1.165) is 31.2 Å². The van der Waals surface area contributed by atoms with E-state index in [9.17, 15) is 8.42 Å². The van der Waals surface area contributed by atoms with Crippen LogP contribution < -0.4 is 10.5 Å². The van der Waals surface area contributed by atoms with Crippen LogP contribution >= 0.6 is 0 Å². The van der Waals surface area contributed by atoms with Crippen molar-refractivity contribution in [3.05, 3.63) is 23.8 Å². The van der Waals surface area contributed by atoms with Gasteiger partial charge in [0.2, 0.25) is 10.0 Å². The number of nitrogens with one attached hydrogen (secondary N) is 1. The largest absolute Gasteiger partial charge is 0.399 e. The fraction of sp³-hybridized carbons (Fsp3) is 0.600. The standard InChI is InChI=1S/C15H24N2O2S/c1-3-12-6-4-5-7-15(12)17-20(18,19)14-9-11(2)8-13(16)10-14/h8-10,12,15,17H,3-7,16H2,1-2H3. The van der Waals surface area contributed by atoms with Gasteiger partial charge in [0.1, 0.15) is 0 Å². The average Bonchev–Trinajstić information content (AvgIpc) is 2.38. The number of hydrogen-bond donors (Lipinski definition) is 2. The molecule has 0 aliphatic heterocycles. The number of nitrogens with two attached hydrogens (primary N) is 1. The number of rotatable bonds is 4. The van der Waals surface area contributed by atoms with Crippen LogP contribution in [0, 0.1) is 12.8 Å². The van der Waals surface area contributed by atoms with Crippen molar-refractivity contribution >= 4 is 15.7 Å². The maximum Gasteiger partial charge on any atom is 0.240 e. The average molecular weight is 296 g/mol. The summed E-state index contributed by atoms with van der Waals surface area (Å²) in [5.74, 6) is 0.445. The monoisotopic (exact) mass is 296 g/mol. The lowest BCUT2D eigenvalue weighted by Crippen LogP contribution is -2.41. The van der Waals surface area contributed by atoms with Crippen molar-refractivity contribution in [1.29, 1.82) is 0 Å². The Morgan fingerprint density at radius 2 is 1.95 bits per heavy atom. The van der Waals surface area contributed by atoms with E-state index in [-0.39, 0.29) is 10.9 Å². The molecule has 1 fully saturated rings. The van der Waals surface area contributed by atoms with Gasteiger partial charge in [-0.3, -0.25) is 0 Å². The molecule has 4 nitrogen and oxygen atoms in total. The highest BCUT2D eigenvalue weighted by molar-refractivity contribution is 7.89. The van der Waals surface area contributed by atoms with Crippen LogP contribution in [-0.4, -0.2) is 14.5 Å². The minimum absolute atomic E-state index is 0.0560. The molecule has 1 aliphatic rings. The molecule has 20 heavy (non-hydrogen) atoms. The van der Waals surface area contributed by atoms with Gasteiger partial charge in [0.25, 0.3) is 0 Å². The van der Waals surface area contributed by atoms with E-state index < -0.39 is 10.0 Å². The van der Waals surface area contributed by atoms with E-state index in [0.29, 0.717) is 11.6 Å². The SMILES string of the molecule is CCC1CCCCC1NS(=O)(=O)c1cc(C)cc(N)c1. The molecule has 0 aromatic heterocycles. The van der Waals surface area contributed by atoms with E-state index in [4.69, 9.17) is 5.73 Å². The van der Waals surface area contributed by atoms with Crippen molar-refractivity contribution in [3.63, 3.8) is 0 Å². The highest BCUT2D eigenvalue weighted by Gasteiger charge is 2.28. The first kappa shape index (κ1) is 15.3. The smallest absolute Gasteiger partial charge is 0.240 e. The molecule has 1 aromatic rings. The normalized spacial score (nSPS) is 23.7. The molecule has 1 saturated carbocycles. The summed E-state index contributed by atoms with van der Waals surface area (Å²) in [6.07, 6.45) is 5.36. The second-order valence-corrected chi connectivity index (χ2v) is 7.47. The predicted octanol–water partition coefficient (Wildman–Crippen LogP) is 2.82. The molecule has 1 aliphatic carbocycles. The molecule has 0 radical (unpaired) electrons. The summed E-state index contributed by atoms with van der Waals surface area (Å²) in [7, 11) is -3.48. The van der Waals surface area contributed by atoms with Crippen molar-refractivity contribution < 1.29 is 8.42 Å². The highest BCUT2D eigenvalue weighted by atomic mass is 32.2. The Balaban J connectivity index is 2.21. The summed E-state index contributed by atoms with van der Waals surface area (Å²) in [4.78, 5) is 0.274. The van der Waals surface area contributed by atoms with Gasteiger partial charge in [0.05, 0.1) is 4.90 Å². The third-order valence-corrected chi connectivity index (χ3v) is 5.59. The maximum atomic E-state index is 12.5. The lowest BCUT2D eigenvalue weighted by Gasteiger charge is -2.31. The zero-order valence-electron chi connectivity index (χ0n) is 12.2. The van der Waals surface area contributed by atoms with E-state index in [2.05, 4.69) is 11.6 Å². The minimum Gasteiger partial charge on any atom is -0.399 e. The summed E-state index contributed by atoms with van der Waals surface area (Å²) in [5, 5.41) is 0. The molecule has 112 valence electrons. The Labute approximate surface area is 121 Å². The molecule has 0 saturated heterocycles. The van der Waals surface area contributed by atoms with Gasteiger partial charge in [-0.2, -0.15) is 0 Å². The number of anilines is 1. The van der Waals surface area contributed by atoms with Gasteiger partial charge in [0.15, 0.2) is 0 Å². The minimum atomic E-state index is -3.48. The first-order chi connectivity index (χ1) is 9.42. The van der Waals surface area contributed by atoms with Crippen molar-refractivity contribution in [2.45, 2.75) is 56.9 Å². The molecular weight excluding hydrogens is 272 g/mol. The zero-order chi connectivity index (χ0) is 14.8. The third-order valence-electron chi connectivity index (χ3n) is 4.12. The van der Waals surface area contributed by atoms with Crippen molar-refractivity contribution in [2.75, 3.05) is 5.73 Å². The van der Waals surface area contributed by atoms with E-state index >= 15 is 0 Å². The van der Waals surface area contributed by atoms with Crippen LogP contribution in [0.3, 0.4) is 0 Å². The Kier molecular flexibility index (Phi) is 4.70. The van der Waals surface area contributed by atoms with Gasteiger partial charge >= 0.3 is 0 Å². The molecule has 2 unspecified atom stereocenters. The molecular formula is C15H24N2O2S. The van der Waals surface area contributed by atoms with Crippen LogP contribution in [0.5, 0.6) is 0 Å². The van der Waals surface area contributed by atoms with Crippen molar-refractivity contribution in [2.24, 2.45) is 5.92 Å². The van der Waals surface area contributed by atoms with Crippen LogP contribution in [-0.2, 0) is 10.0 Å². The Morgan fingerprint density at radius 3 is 2.60 bits per heavy atom. The molecule has 0 bridgehead atoms. The summed E-state index contributed by atoms with van der Waals surface area (Å²) in [5.41, 5.74) is 7.10. The quantitative estimate of drug-likeness (QED) is 0.839. The molecule has 0 amide bonds. The van der Waals surface area contributed by atoms with Crippen molar-refractivity contribution in [3.8, 4) is 0 Å². The van der Waals surface area contributed by atoms with Gasteiger partial charge in [-0.1, -0.05) is 26.2 Å². The van der Waals surface area contributed by atoms with E-state index in [1.165, 1.54) is 12.5 Å². The van der Waals surface area contributed by atoms with Crippen LogP contribution in [0.4, 0.5) is 5.69 Å². The summed E-state index contributed by atoms with van der Waals surface area (Å²) in [6, 6.07) is 5.02. The topological polar surface area (TPSA) is 72.2 Å². The first-order valence-corrected chi connectivity index (χ1v) is 8.80. The summed E-state index contributed by atoms with van der Waals surface area (Å²) < 4.78 is 27.9. The van der Waals surface area contributed by atoms with Crippen molar-refractivity contribution in [1.82, 2.24) is 4.72 Å². The molecule has 2 atom stereocenters. The highest BCUT2D eigenvalue weighted by Crippen LogP contribution is 2.28. The lowest BCUT2D eigenvalue weighted by molar-refractivity contribution is 0.282. The van der Waals surface area contributed by atoms with Gasteiger partial charge < -0.3 is 5.73 Å². The molecule has 5 heteroatoms. The first-order valence-electron chi connectivity index (χ1n) is 7.32. The number of sulfonamides is 1. The van der Waals surface area contributed by atoms with Crippen LogP contribution in [0.2, 0.25) is 0 Å². The maximum absolute atomic E-state index is 12.5. The summed E-state index contributed by atoms with van der Waals surface area (Å²) in [6.45, 7) is 3.98. The third kappa shape index (κ3) is 3.52. The number of nitrogen functional groups attached to an aromatic ring is 1. The molecule has 3 N–H and O–H groups in total. The van der Waals surface area contributed by atoms with Gasteiger partial charge in [-0.15, -0.1) is 0 Å². The second-order valence-electron chi connectivity index (χ2n) is 5.76. The number of aryl methyl sites for hydroxylation is 1. The Hall–Kier alpha value is -1.07. The Morgan fingerprint density at radius 1 is 1.25 bits per heavy atom. The molecule has 0 spiro atoms. The van der Waals surface area contributed by atoms with E-state index in [1.54, 1.807) is 12.1 Å². The van der Waals surface area contributed by atoms with Gasteiger partial charge in [-0.25, -0.2) is 13.1 Å². The lowest BCUT2D eigenvalue weighted by atomic mass is 9.83. The Bertz CT molecular complexity index is 549. The fourth-order valence-electron chi connectivity index (χ4n) is 3.05. The van der Waals surface area contributed by atoms with Gasteiger partial charge in [-0.05, 0) is 49.4 Å². The molecule has 2 rings (SSSR count). The predicted molar refractivity (Wildman–Crippen MR) is 81.9 cm³/mol. The van der Waals surface area contributed by atoms with Crippen LogP contribution in [0.1, 0.15) is 44.6 Å². The summed E-state index contributed by atoms with van der Waals surface area (Å²) >= 11 is 0. The number of hydrogen-bond acceptors (Lipinski definition) is 3. The molecule has 0 heterocycles. The van der Waals surface area contributed by atoms with Gasteiger partial charge in [0, 0.05) is 11.7 Å². The number of benzene rings is 1. The van der Waals surface area contributed by atoms with Crippen LogP contribution in [0.15, 0.2) is 23.1 Å².